The Kier molecular flexibility index (Phi) is 4.89. The van der Waals surface area contributed by atoms with Crippen LogP contribution < -0.4 is 5.32 Å². The van der Waals surface area contributed by atoms with E-state index in [1.165, 1.54) is 24.0 Å². The van der Waals surface area contributed by atoms with Gasteiger partial charge in [-0.2, -0.15) is 0 Å². The van der Waals surface area contributed by atoms with E-state index in [0.29, 0.717) is 11.7 Å². The first kappa shape index (κ1) is 15.0. The van der Waals surface area contributed by atoms with Crippen molar-refractivity contribution in [3.8, 4) is 0 Å². The molecule has 0 aliphatic heterocycles. The number of aryl methyl sites for hydroxylation is 1. The van der Waals surface area contributed by atoms with Gasteiger partial charge in [0.1, 0.15) is 12.8 Å². The first-order chi connectivity index (χ1) is 10.1. The van der Waals surface area contributed by atoms with Gasteiger partial charge in [-0.25, -0.2) is 9.78 Å². The molecule has 0 fully saturated rings. The second-order valence-electron chi connectivity index (χ2n) is 4.30. The largest absolute Gasteiger partial charge is 0.476 e. The van der Waals surface area contributed by atoms with Crippen molar-refractivity contribution in [2.75, 3.05) is 12.4 Å². The third-order valence-corrected chi connectivity index (χ3v) is 3.50. The van der Waals surface area contributed by atoms with Crippen molar-refractivity contribution >= 4 is 28.1 Å². The van der Waals surface area contributed by atoms with Gasteiger partial charge in [0, 0.05) is 11.9 Å². The number of hydrogen-bond acceptors (Lipinski definition) is 6. The van der Waals surface area contributed by atoms with Crippen LogP contribution in [0.5, 0.6) is 0 Å². The Hall–Kier alpha value is -2.41. The van der Waals surface area contributed by atoms with Crippen LogP contribution in [-0.4, -0.2) is 28.9 Å². The molecule has 0 aliphatic carbocycles. The van der Waals surface area contributed by atoms with E-state index >= 15 is 0 Å². The van der Waals surface area contributed by atoms with Crippen LogP contribution in [-0.2, 0) is 16.2 Å². The molecule has 110 valence electrons. The van der Waals surface area contributed by atoms with Crippen LogP contribution in [0.15, 0.2) is 34.8 Å². The minimum atomic E-state index is -1.17. The van der Waals surface area contributed by atoms with Crippen molar-refractivity contribution in [3.05, 3.63) is 46.5 Å². The van der Waals surface area contributed by atoms with Crippen molar-refractivity contribution in [1.82, 2.24) is 4.98 Å². The summed E-state index contributed by atoms with van der Waals surface area (Å²) in [7, 11) is 1.30. The Labute approximate surface area is 126 Å². The number of thiazole rings is 1. The molecule has 0 saturated carbocycles. The molecular weight excluding hydrogens is 290 g/mol. The van der Waals surface area contributed by atoms with Crippen LogP contribution in [0, 0.1) is 6.92 Å². The Morgan fingerprint density at radius 1 is 1.43 bits per heavy atom. The summed E-state index contributed by atoms with van der Waals surface area (Å²) in [6.45, 7) is 2.66. The molecule has 0 spiro atoms. The monoisotopic (exact) mass is 305 g/mol. The number of hydrogen-bond donors (Lipinski definition) is 2. The van der Waals surface area contributed by atoms with E-state index in [9.17, 15) is 4.79 Å². The first-order valence-electron chi connectivity index (χ1n) is 6.20. The summed E-state index contributed by atoms with van der Waals surface area (Å²) in [5, 5.41) is 17.9. The molecule has 0 atom stereocenters. The number of benzene rings is 1. The Bertz CT molecular complexity index is 650. The summed E-state index contributed by atoms with van der Waals surface area (Å²) in [5.74, 6) is -1.17. The molecule has 0 unspecified atom stereocenters. The summed E-state index contributed by atoms with van der Waals surface area (Å²) in [6.07, 6.45) is 0. The number of carbonyl (C=O) groups is 1. The molecule has 7 heteroatoms. The fourth-order valence-electron chi connectivity index (χ4n) is 1.63. The highest BCUT2D eigenvalue weighted by Gasteiger charge is 2.17. The molecule has 21 heavy (non-hydrogen) atoms. The maximum atomic E-state index is 11.0. The second kappa shape index (κ2) is 6.85. The van der Waals surface area contributed by atoms with Gasteiger partial charge in [-0.15, -0.1) is 11.3 Å². The van der Waals surface area contributed by atoms with Gasteiger partial charge >= 0.3 is 5.97 Å². The second-order valence-corrected chi connectivity index (χ2v) is 5.16. The predicted molar refractivity (Wildman–Crippen MR) is 81.8 cm³/mol. The van der Waals surface area contributed by atoms with Gasteiger partial charge < -0.3 is 15.3 Å². The van der Waals surface area contributed by atoms with Gasteiger partial charge in [0.05, 0.1) is 0 Å². The quantitative estimate of drug-likeness (QED) is 0.633. The van der Waals surface area contributed by atoms with Crippen LogP contribution >= 0.6 is 11.3 Å². The lowest BCUT2D eigenvalue weighted by Crippen LogP contribution is -2.15. The predicted octanol–water partition coefficient (Wildman–Crippen LogP) is 2.50. The molecule has 0 bridgehead atoms. The highest BCUT2D eigenvalue weighted by Crippen LogP contribution is 2.17. The summed E-state index contributed by atoms with van der Waals surface area (Å²) >= 11 is 1.32. The average Bonchev–Trinajstić information content (AvgIpc) is 2.92. The zero-order chi connectivity index (χ0) is 15.2. The smallest absolute Gasteiger partial charge is 0.360 e. The van der Waals surface area contributed by atoms with E-state index < -0.39 is 5.97 Å². The van der Waals surface area contributed by atoms with Crippen molar-refractivity contribution in [2.45, 2.75) is 13.5 Å². The van der Waals surface area contributed by atoms with E-state index in [0.717, 1.165) is 5.56 Å². The Balaban J connectivity index is 2.04. The number of carboxylic acid groups (broad SMARTS) is 1. The maximum Gasteiger partial charge on any atom is 0.360 e. The number of nitrogens with one attached hydrogen (secondary N) is 1. The van der Waals surface area contributed by atoms with Gasteiger partial charge in [-0.3, -0.25) is 0 Å². The fraction of sp³-hybridized carbons (Fsp3) is 0.214. The van der Waals surface area contributed by atoms with Crippen LogP contribution in [0.25, 0.3) is 0 Å². The fourth-order valence-corrected chi connectivity index (χ4v) is 2.33. The third-order valence-electron chi connectivity index (χ3n) is 2.70. The molecular formula is C14H15N3O3S. The lowest BCUT2D eigenvalue weighted by molar-refractivity contribution is -0.129. The molecule has 0 amide bonds. The van der Waals surface area contributed by atoms with Crippen LogP contribution in [0.3, 0.4) is 0 Å². The van der Waals surface area contributed by atoms with Crippen molar-refractivity contribution in [1.29, 1.82) is 0 Å². The number of aromatic nitrogens is 1. The number of anilines is 1. The van der Waals surface area contributed by atoms with E-state index in [-0.39, 0.29) is 11.4 Å². The normalized spacial score (nSPS) is 11.2. The average molecular weight is 305 g/mol. The van der Waals surface area contributed by atoms with Crippen molar-refractivity contribution in [2.24, 2.45) is 5.16 Å². The third kappa shape index (κ3) is 4.03. The molecule has 1 heterocycles. The van der Waals surface area contributed by atoms with Crippen molar-refractivity contribution in [3.63, 3.8) is 0 Å². The molecule has 0 aliphatic rings. The lowest BCUT2D eigenvalue weighted by Gasteiger charge is -2.03. The SMILES string of the molecule is CO/N=C(/C(=O)O)c1csc(NCc2ccc(C)cc2)n1. The Morgan fingerprint density at radius 3 is 2.76 bits per heavy atom. The molecule has 2 rings (SSSR count). The van der Waals surface area contributed by atoms with Crippen molar-refractivity contribution < 1.29 is 14.7 Å². The highest BCUT2D eigenvalue weighted by atomic mass is 32.1. The number of rotatable bonds is 6. The Morgan fingerprint density at radius 2 is 2.14 bits per heavy atom. The standard InChI is InChI=1S/C14H15N3O3S/c1-9-3-5-10(6-4-9)7-15-14-16-11(8-21-14)12(13(18)19)17-20-2/h3-6,8H,7H2,1-2H3,(H,15,16)(H,18,19)/b17-12+. The zero-order valence-electron chi connectivity index (χ0n) is 11.7. The molecule has 2 N–H and O–H groups in total. The van der Waals surface area contributed by atoms with E-state index in [2.05, 4.69) is 20.3 Å². The minimum Gasteiger partial charge on any atom is -0.476 e. The summed E-state index contributed by atoms with van der Waals surface area (Å²) < 4.78 is 0. The summed E-state index contributed by atoms with van der Waals surface area (Å²) in [5.41, 5.74) is 2.40. The van der Waals surface area contributed by atoms with E-state index in [1.807, 2.05) is 31.2 Å². The van der Waals surface area contributed by atoms with Gasteiger partial charge in [-0.05, 0) is 12.5 Å². The van der Waals surface area contributed by atoms with E-state index in [1.54, 1.807) is 5.38 Å². The zero-order valence-corrected chi connectivity index (χ0v) is 12.5. The topological polar surface area (TPSA) is 83.8 Å². The van der Waals surface area contributed by atoms with Crippen LogP contribution in [0.2, 0.25) is 0 Å². The molecule has 6 nitrogen and oxygen atoms in total. The first-order valence-corrected chi connectivity index (χ1v) is 7.08. The van der Waals surface area contributed by atoms with E-state index in [4.69, 9.17) is 5.11 Å². The van der Waals surface area contributed by atoms with Gasteiger partial charge in [0.25, 0.3) is 0 Å². The number of nitrogens with zero attached hydrogens (tertiary/aromatic N) is 2. The minimum absolute atomic E-state index is 0.211. The highest BCUT2D eigenvalue weighted by molar-refractivity contribution is 7.14. The molecule has 1 aromatic heterocycles. The van der Waals surface area contributed by atoms with Gasteiger partial charge in [0.15, 0.2) is 5.13 Å². The molecule has 2 aromatic rings. The summed E-state index contributed by atoms with van der Waals surface area (Å²) in [6, 6.07) is 8.15. The number of oxime groups is 1. The maximum absolute atomic E-state index is 11.0. The number of aliphatic carboxylic acids is 1. The van der Waals surface area contributed by atoms with Gasteiger partial charge in [0.2, 0.25) is 5.71 Å². The summed E-state index contributed by atoms with van der Waals surface area (Å²) in [4.78, 5) is 19.8. The van der Waals surface area contributed by atoms with Gasteiger partial charge in [-0.1, -0.05) is 35.0 Å². The molecule has 0 saturated heterocycles. The van der Waals surface area contributed by atoms with Crippen LogP contribution in [0.4, 0.5) is 5.13 Å². The molecule has 0 radical (unpaired) electrons. The van der Waals surface area contributed by atoms with Crippen LogP contribution in [0.1, 0.15) is 16.8 Å². The molecule has 1 aromatic carbocycles. The lowest BCUT2D eigenvalue weighted by atomic mass is 10.1. The number of carboxylic acids is 1.